The van der Waals surface area contributed by atoms with Gasteiger partial charge in [0, 0.05) is 19.7 Å². The van der Waals surface area contributed by atoms with Gasteiger partial charge in [0.15, 0.2) is 0 Å². The van der Waals surface area contributed by atoms with Crippen LogP contribution in [0, 0.1) is 11.8 Å². The monoisotopic (exact) mass is 241 g/mol. The van der Waals surface area contributed by atoms with Crippen LogP contribution in [0.3, 0.4) is 0 Å². The zero-order valence-corrected chi connectivity index (χ0v) is 11.0. The highest BCUT2D eigenvalue weighted by atomic mass is 16.6. The predicted octanol–water partition coefficient (Wildman–Crippen LogP) is 2.04. The van der Waals surface area contributed by atoms with Gasteiger partial charge in [-0.05, 0) is 39.0 Å². The Balaban J connectivity index is 2.57. The molecule has 0 radical (unpaired) electrons. The van der Waals surface area contributed by atoms with Gasteiger partial charge < -0.3 is 14.7 Å². The van der Waals surface area contributed by atoms with Crippen LogP contribution in [0.4, 0.5) is 4.79 Å². The van der Waals surface area contributed by atoms with Crippen molar-refractivity contribution in [3.8, 4) is 0 Å². The summed E-state index contributed by atoms with van der Waals surface area (Å²) in [7, 11) is 0. The molecule has 1 amide bonds. The van der Waals surface area contributed by atoms with Crippen LogP contribution in [0.2, 0.25) is 0 Å². The van der Waals surface area contributed by atoms with Crippen molar-refractivity contribution in [2.24, 2.45) is 11.8 Å². The van der Waals surface area contributed by atoms with Crippen molar-refractivity contribution >= 4 is 6.09 Å². The molecule has 0 spiro atoms. The average Bonchev–Trinajstić information content (AvgIpc) is 2.25. The molecule has 1 aliphatic heterocycles. The minimum Gasteiger partial charge on any atom is -0.444 e. The lowest BCUT2D eigenvalue weighted by atomic mass is 9.86. The van der Waals surface area contributed by atoms with Gasteiger partial charge >= 0.3 is 6.09 Å². The normalized spacial score (nSPS) is 25.5. The molecule has 1 rings (SSSR count). The largest absolute Gasteiger partial charge is 0.444 e. The first-order valence-electron chi connectivity index (χ1n) is 6.08. The molecule has 0 unspecified atom stereocenters. The van der Waals surface area contributed by atoms with Crippen molar-refractivity contribution < 1.29 is 14.6 Å². The van der Waals surface area contributed by atoms with E-state index in [1.807, 2.05) is 26.8 Å². The van der Waals surface area contributed by atoms with Crippen molar-refractivity contribution in [3.05, 3.63) is 12.7 Å². The Kier molecular flexibility index (Phi) is 4.57. The predicted molar refractivity (Wildman–Crippen MR) is 66.7 cm³/mol. The minimum absolute atomic E-state index is 0.152. The molecule has 1 N–H and O–H groups in total. The molecule has 98 valence electrons. The first-order valence-corrected chi connectivity index (χ1v) is 6.08. The van der Waals surface area contributed by atoms with E-state index in [0.29, 0.717) is 13.1 Å². The van der Waals surface area contributed by atoms with Crippen LogP contribution < -0.4 is 0 Å². The molecule has 0 aliphatic carbocycles. The maximum atomic E-state index is 11.9. The Morgan fingerprint density at radius 3 is 2.71 bits per heavy atom. The van der Waals surface area contributed by atoms with Gasteiger partial charge in [0.25, 0.3) is 0 Å². The van der Waals surface area contributed by atoms with Gasteiger partial charge in [-0.2, -0.15) is 0 Å². The van der Waals surface area contributed by atoms with Crippen LogP contribution in [0.25, 0.3) is 0 Å². The lowest BCUT2D eigenvalue weighted by Gasteiger charge is -2.37. The third kappa shape index (κ3) is 4.04. The summed E-state index contributed by atoms with van der Waals surface area (Å²) in [5.74, 6) is 0.368. The Morgan fingerprint density at radius 2 is 2.24 bits per heavy atom. The van der Waals surface area contributed by atoms with Crippen molar-refractivity contribution in [2.75, 3.05) is 19.7 Å². The van der Waals surface area contributed by atoms with Crippen molar-refractivity contribution in [1.29, 1.82) is 0 Å². The summed E-state index contributed by atoms with van der Waals surface area (Å²) in [5.41, 5.74) is -0.464. The summed E-state index contributed by atoms with van der Waals surface area (Å²) >= 11 is 0. The van der Waals surface area contributed by atoms with Crippen molar-refractivity contribution in [3.63, 3.8) is 0 Å². The van der Waals surface area contributed by atoms with E-state index < -0.39 is 5.60 Å². The maximum Gasteiger partial charge on any atom is 0.410 e. The van der Waals surface area contributed by atoms with Crippen LogP contribution >= 0.6 is 0 Å². The number of rotatable bonds is 2. The zero-order valence-electron chi connectivity index (χ0n) is 11.0. The van der Waals surface area contributed by atoms with E-state index in [1.54, 1.807) is 4.90 Å². The summed E-state index contributed by atoms with van der Waals surface area (Å²) in [4.78, 5) is 13.6. The number of hydrogen-bond acceptors (Lipinski definition) is 3. The second kappa shape index (κ2) is 5.54. The van der Waals surface area contributed by atoms with Gasteiger partial charge in [-0.3, -0.25) is 0 Å². The lowest BCUT2D eigenvalue weighted by molar-refractivity contribution is 0.00972. The van der Waals surface area contributed by atoms with E-state index in [1.165, 1.54) is 0 Å². The van der Waals surface area contributed by atoms with E-state index in [9.17, 15) is 9.90 Å². The second-order valence-corrected chi connectivity index (χ2v) is 5.56. The number of aliphatic hydroxyl groups excluding tert-OH is 1. The van der Waals surface area contributed by atoms with E-state index in [2.05, 4.69) is 6.58 Å². The molecule has 4 heteroatoms. The summed E-state index contributed by atoms with van der Waals surface area (Å²) in [6.45, 7) is 10.7. The number of nitrogens with zero attached hydrogens (tertiary/aromatic N) is 1. The SMILES string of the molecule is C=C[C@H]1CN(C(=O)OC(C)(C)C)CC[C@H]1CO. The van der Waals surface area contributed by atoms with Gasteiger partial charge in [-0.1, -0.05) is 6.08 Å². The Bertz CT molecular complexity index is 283. The molecule has 1 aliphatic rings. The molecule has 0 bridgehead atoms. The summed E-state index contributed by atoms with van der Waals surface area (Å²) in [5, 5.41) is 9.22. The minimum atomic E-state index is -0.464. The van der Waals surface area contributed by atoms with E-state index >= 15 is 0 Å². The fourth-order valence-electron chi connectivity index (χ4n) is 2.02. The number of aliphatic hydroxyl groups is 1. The highest BCUT2D eigenvalue weighted by Gasteiger charge is 2.31. The number of likely N-dealkylation sites (tertiary alicyclic amines) is 1. The van der Waals surface area contributed by atoms with E-state index in [0.717, 1.165) is 6.42 Å². The summed E-state index contributed by atoms with van der Waals surface area (Å²) in [6, 6.07) is 0. The zero-order chi connectivity index (χ0) is 13.1. The molecule has 2 atom stereocenters. The molecule has 0 saturated carbocycles. The highest BCUT2D eigenvalue weighted by Crippen LogP contribution is 2.25. The molecule has 1 heterocycles. The Labute approximate surface area is 103 Å². The van der Waals surface area contributed by atoms with Crippen LogP contribution in [0.5, 0.6) is 0 Å². The standard InChI is InChI=1S/C13H23NO3/c1-5-10-8-14(7-6-11(10)9-15)12(16)17-13(2,3)4/h5,10-11,15H,1,6-9H2,2-4H3/t10-,11-/m0/s1. The number of carbonyl (C=O) groups is 1. The van der Waals surface area contributed by atoms with Gasteiger partial charge in [0.1, 0.15) is 5.60 Å². The smallest absolute Gasteiger partial charge is 0.410 e. The van der Waals surface area contributed by atoms with Crippen molar-refractivity contribution in [1.82, 2.24) is 4.90 Å². The summed E-state index contributed by atoms with van der Waals surface area (Å²) in [6.07, 6.45) is 2.34. The van der Waals surface area contributed by atoms with Gasteiger partial charge in [0.05, 0.1) is 0 Å². The number of hydrogen-bond donors (Lipinski definition) is 1. The van der Waals surface area contributed by atoms with Crippen LogP contribution in [-0.4, -0.2) is 41.4 Å². The number of piperidine rings is 1. The highest BCUT2D eigenvalue weighted by molar-refractivity contribution is 5.68. The molecule has 0 aromatic heterocycles. The number of ether oxygens (including phenoxy) is 1. The third-order valence-electron chi connectivity index (χ3n) is 3.00. The van der Waals surface area contributed by atoms with Gasteiger partial charge in [-0.15, -0.1) is 6.58 Å². The van der Waals surface area contributed by atoms with E-state index in [-0.39, 0.29) is 24.5 Å². The van der Waals surface area contributed by atoms with Gasteiger partial charge in [0.2, 0.25) is 0 Å². The maximum absolute atomic E-state index is 11.9. The first kappa shape index (κ1) is 14.0. The Morgan fingerprint density at radius 1 is 1.59 bits per heavy atom. The number of carbonyl (C=O) groups excluding carboxylic acids is 1. The lowest BCUT2D eigenvalue weighted by Crippen LogP contribution is -2.46. The van der Waals surface area contributed by atoms with Gasteiger partial charge in [-0.25, -0.2) is 4.79 Å². The third-order valence-corrected chi connectivity index (χ3v) is 3.00. The van der Waals surface area contributed by atoms with Crippen LogP contribution in [0.15, 0.2) is 12.7 Å². The second-order valence-electron chi connectivity index (χ2n) is 5.56. The van der Waals surface area contributed by atoms with Crippen molar-refractivity contribution in [2.45, 2.75) is 32.8 Å². The topological polar surface area (TPSA) is 49.8 Å². The quantitative estimate of drug-likeness (QED) is 0.753. The van der Waals surface area contributed by atoms with Crippen LogP contribution in [0.1, 0.15) is 27.2 Å². The fourth-order valence-corrected chi connectivity index (χ4v) is 2.02. The average molecular weight is 241 g/mol. The molecular weight excluding hydrogens is 218 g/mol. The summed E-state index contributed by atoms with van der Waals surface area (Å²) < 4.78 is 5.33. The molecule has 17 heavy (non-hydrogen) atoms. The molecule has 0 aromatic rings. The number of amides is 1. The molecular formula is C13H23NO3. The fraction of sp³-hybridized carbons (Fsp3) is 0.769. The molecule has 0 aromatic carbocycles. The van der Waals surface area contributed by atoms with Crippen LogP contribution in [-0.2, 0) is 4.74 Å². The van der Waals surface area contributed by atoms with E-state index in [4.69, 9.17) is 4.74 Å². The Hall–Kier alpha value is -1.03. The molecule has 1 saturated heterocycles. The molecule has 1 fully saturated rings. The molecule has 4 nitrogen and oxygen atoms in total. The first-order chi connectivity index (χ1) is 7.87.